The maximum absolute atomic E-state index is 6.17. The number of aryl methyl sites for hydroxylation is 1. The van der Waals surface area contributed by atoms with E-state index in [9.17, 15) is 0 Å². The Morgan fingerprint density at radius 2 is 2.27 bits per heavy atom. The number of benzene rings is 1. The van der Waals surface area contributed by atoms with Crippen LogP contribution in [-0.4, -0.2) is 27.7 Å². The lowest BCUT2D eigenvalue weighted by atomic mass is 10.2. The highest BCUT2D eigenvalue weighted by Gasteiger charge is 2.05. The molecule has 1 N–H and O–H groups in total. The van der Waals surface area contributed by atoms with Crippen molar-refractivity contribution in [3.63, 3.8) is 0 Å². The number of hydrogen-bond acceptors (Lipinski definition) is 4. The van der Waals surface area contributed by atoms with Crippen molar-refractivity contribution in [2.45, 2.75) is 33.1 Å². The van der Waals surface area contributed by atoms with Gasteiger partial charge in [0, 0.05) is 6.42 Å². The Morgan fingerprint density at radius 1 is 1.45 bits per heavy atom. The molecule has 5 nitrogen and oxygen atoms in total. The van der Waals surface area contributed by atoms with Crippen molar-refractivity contribution in [3.05, 3.63) is 39.4 Å². The normalized spacial score (nSPS) is 11.2. The lowest BCUT2D eigenvalue weighted by molar-refractivity contribution is 0.340. The van der Waals surface area contributed by atoms with Crippen LogP contribution in [0.5, 0.6) is 5.75 Å². The number of aromatic nitrogens is 3. The van der Waals surface area contributed by atoms with Crippen molar-refractivity contribution in [1.29, 1.82) is 0 Å². The monoisotopic (exact) mass is 338 g/mol. The molecule has 0 unspecified atom stereocenters. The Hall–Kier alpha value is -1.66. The van der Waals surface area contributed by atoms with Gasteiger partial charge in [-0.05, 0) is 49.3 Å². The van der Waals surface area contributed by atoms with Crippen molar-refractivity contribution in [2.24, 2.45) is 5.10 Å². The summed E-state index contributed by atoms with van der Waals surface area (Å²) in [6.45, 7) is 4.64. The Kier molecular flexibility index (Phi) is 6.15. The molecule has 0 fully saturated rings. The van der Waals surface area contributed by atoms with E-state index in [1.165, 1.54) is 0 Å². The Balaban J connectivity index is 2.20. The van der Waals surface area contributed by atoms with Gasteiger partial charge in [-0.1, -0.05) is 24.9 Å². The molecule has 0 atom stereocenters. The van der Waals surface area contributed by atoms with Gasteiger partial charge in [-0.15, -0.1) is 0 Å². The Bertz CT molecular complexity index is 708. The summed E-state index contributed by atoms with van der Waals surface area (Å²) in [4.78, 5) is 0. The first-order chi connectivity index (χ1) is 10.7. The number of rotatable bonds is 7. The molecule has 0 radical (unpaired) electrons. The molecule has 0 saturated heterocycles. The molecule has 7 heteroatoms. The average molecular weight is 339 g/mol. The molecule has 1 aromatic heterocycles. The SMILES string of the molecule is CCCCc1n[nH]c(=S)n1/N=C\c1ccc(OCC)c(Cl)c1. The van der Waals surface area contributed by atoms with Crippen LogP contribution in [0.1, 0.15) is 38.1 Å². The first-order valence-corrected chi connectivity index (χ1v) is 8.07. The van der Waals surface area contributed by atoms with E-state index in [2.05, 4.69) is 22.2 Å². The molecule has 0 bridgehead atoms. The van der Waals surface area contributed by atoms with Crippen molar-refractivity contribution in [3.8, 4) is 5.75 Å². The van der Waals surface area contributed by atoms with Gasteiger partial charge in [0.25, 0.3) is 0 Å². The molecule has 2 aromatic rings. The van der Waals surface area contributed by atoms with E-state index in [-0.39, 0.29) is 0 Å². The molecule has 2 rings (SSSR count). The number of nitrogens with one attached hydrogen (secondary N) is 1. The molecular weight excluding hydrogens is 320 g/mol. The van der Waals surface area contributed by atoms with Gasteiger partial charge in [0.1, 0.15) is 5.75 Å². The van der Waals surface area contributed by atoms with Crippen LogP contribution in [0.25, 0.3) is 0 Å². The number of ether oxygens (including phenoxy) is 1. The molecule has 22 heavy (non-hydrogen) atoms. The molecule has 1 heterocycles. The van der Waals surface area contributed by atoms with Crippen LogP contribution in [0.2, 0.25) is 5.02 Å². The van der Waals surface area contributed by atoms with E-state index >= 15 is 0 Å². The average Bonchev–Trinajstić information content (AvgIpc) is 2.86. The largest absolute Gasteiger partial charge is 0.492 e. The minimum Gasteiger partial charge on any atom is -0.492 e. The lowest BCUT2D eigenvalue weighted by Crippen LogP contribution is -1.99. The zero-order valence-electron chi connectivity index (χ0n) is 12.7. The summed E-state index contributed by atoms with van der Waals surface area (Å²) in [6, 6.07) is 5.54. The number of nitrogens with zero attached hydrogens (tertiary/aromatic N) is 3. The number of H-pyrrole nitrogens is 1. The molecular formula is C15H19ClN4OS. The van der Waals surface area contributed by atoms with E-state index in [0.29, 0.717) is 22.2 Å². The minimum atomic E-state index is 0.486. The van der Waals surface area contributed by atoms with Gasteiger partial charge in [0.15, 0.2) is 5.82 Å². The van der Waals surface area contributed by atoms with Crippen LogP contribution in [0.4, 0.5) is 0 Å². The molecule has 0 aliphatic heterocycles. The summed E-state index contributed by atoms with van der Waals surface area (Å²) >= 11 is 11.4. The van der Waals surface area contributed by atoms with Crippen LogP contribution in [0, 0.1) is 4.77 Å². The van der Waals surface area contributed by atoms with Gasteiger partial charge < -0.3 is 4.74 Å². The zero-order chi connectivity index (χ0) is 15.9. The third-order valence-corrected chi connectivity index (χ3v) is 3.61. The maximum Gasteiger partial charge on any atom is 0.216 e. The van der Waals surface area contributed by atoms with Gasteiger partial charge in [-0.25, -0.2) is 0 Å². The molecule has 0 aliphatic carbocycles. The predicted octanol–water partition coefficient (Wildman–Crippen LogP) is 4.22. The number of halogens is 1. The summed E-state index contributed by atoms with van der Waals surface area (Å²) in [5.74, 6) is 1.50. The van der Waals surface area contributed by atoms with Crippen LogP contribution >= 0.6 is 23.8 Å². The standard InChI is InChI=1S/C15H19ClN4OS/c1-3-5-6-14-18-19-15(22)20(14)17-10-11-7-8-13(21-4-2)12(16)9-11/h7-10H,3-6H2,1-2H3,(H,19,22)/b17-10-. The molecule has 0 amide bonds. The Labute approximate surface area is 140 Å². The minimum absolute atomic E-state index is 0.486. The second kappa shape index (κ2) is 8.10. The van der Waals surface area contributed by atoms with Crippen LogP contribution in [-0.2, 0) is 6.42 Å². The number of unbranched alkanes of at least 4 members (excludes halogenated alkanes) is 1. The zero-order valence-corrected chi connectivity index (χ0v) is 14.2. The Morgan fingerprint density at radius 3 is 2.95 bits per heavy atom. The smallest absolute Gasteiger partial charge is 0.216 e. The van der Waals surface area contributed by atoms with Gasteiger partial charge in [-0.3, -0.25) is 5.10 Å². The van der Waals surface area contributed by atoms with Crippen molar-refractivity contribution in [1.82, 2.24) is 14.9 Å². The van der Waals surface area contributed by atoms with Crippen LogP contribution in [0.15, 0.2) is 23.3 Å². The second-order valence-electron chi connectivity index (χ2n) is 4.73. The quantitative estimate of drug-likeness (QED) is 0.607. The van der Waals surface area contributed by atoms with Crippen molar-refractivity contribution >= 4 is 30.0 Å². The topological polar surface area (TPSA) is 55.2 Å². The molecule has 118 valence electrons. The van der Waals surface area contributed by atoms with E-state index < -0.39 is 0 Å². The van der Waals surface area contributed by atoms with Gasteiger partial charge in [0.05, 0.1) is 17.8 Å². The highest BCUT2D eigenvalue weighted by atomic mass is 35.5. The van der Waals surface area contributed by atoms with Gasteiger partial charge in [-0.2, -0.15) is 14.9 Å². The van der Waals surface area contributed by atoms with Crippen molar-refractivity contribution in [2.75, 3.05) is 6.61 Å². The fourth-order valence-electron chi connectivity index (χ4n) is 1.93. The summed E-state index contributed by atoms with van der Waals surface area (Å²) in [6.07, 6.45) is 4.69. The summed E-state index contributed by atoms with van der Waals surface area (Å²) in [5.41, 5.74) is 0.873. The van der Waals surface area contributed by atoms with Gasteiger partial charge in [0.2, 0.25) is 4.77 Å². The summed E-state index contributed by atoms with van der Waals surface area (Å²) in [7, 11) is 0. The summed E-state index contributed by atoms with van der Waals surface area (Å²) < 4.78 is 7.54. The predicted molar refractivity (Wildman–Crippen MR) is 91.6 cm³/mol. The van der Waals surface area contributed by atoms with Gasteiger partial charge >= 0.3 is 0 Å². The molecule has 0 aliphatic rings. The summed E-state index contributed by atoms with van der Waals surface area (Å²) in [5, 5.41) is 11.9. The van der Waals surface area contributed by atoms with E-state index in [0.717, 1.165) is 30.7 Å². The first-order valence-electron chi connectivity index (χ1n) is 7.28. The molecule has 0 spiro atoms. The third-order valence-electron chi connectivity index (χ3n) is 3.05. The number of aromatic amines is 1. The highest BCUT2D eigenvalue weighted by Crippen LogP contribution is 2.24. The highest BCUT2D eigenvalue weighted by molar-refractivity contribution is 7.71. The van der Waals surface area contributed by atoms with E-state index in [4.69, 9.17) is 28.6 Å². The first kappa shape index (κ1) is 16.7. The van der Waals surface area contributed by atoms with E-state index in [1.54, 1.807) is 10.9 Å². The third kappa shape index (κ3) is 4.18. The fourth-order valence-corrected chi connectivity index (χ4v) is 2.38. The molecule has 1 aromatic carbocycles. The second-order valence-corrected chi connectivity index (χ2v) is 5.52. The van der Waals surface area contributed by atoms with Crippen LogP contribution < -0.4 is 4.74 Å². The molecule has 0 saturated carbocycles. The lowest BCUT2D eigenvalue weighted by Gasteiger charge is -2.05. The van der Waals surface area contributed by atoms with Crippen molar-refractivity contribution < 1.29 is 4.74 Å². The van der Waals surface area contributed by atoms with Crippen LogP contribution in [0.3, 0.4) is 0 Å². The fraction of sp³-hybridized carbons (Fsp3) is 0.400. The van der Waals surface area contributed by atoms with E-state index in [1.807, 2.05) is 25.1 Å². The maximum atomic E-state index is 6.17. The number of hydrogen-bond donors (Lipinski definition) is 1.